The van der Waals surface area contributed by atoms with Crippen molar-refractivity contribution in [3.05, 3.63) is 72.3 Å². The number of nitrogens with one attached hydrogen (secondary N) is 1. The molecule has 0 radical (unpaired) electrons. The van der Waals surface area contributed by atoms with Crippen LogP contribution in [0.5, 0.6) is 11.5 Å². The number of amides is 1. The van der Waals surface area contributed by atoms with Crippen LogP contribution in [0.15, 0.2) is 66.7 Å². The molecule has 0 saturated carbocycles. The first kappa shape index (κ1) is 25.1. The van der Waals surface area contributed by atoms with Gasteiger partial charge >= 0.3 is 0 Å². The van der Waals surface area contributed by atoms with E-state index in [0.717, 1.165) is 40.7 Å². The number of anilines is 1. The molecule has 1 heterocycles. The summed E-state index contributed by atoms with van der Waals surface area (Å²) in [4.78, 5) is 20.8. The molecule has 1 N–H and O–H groups in total. The number of aromatic nitrogens is 2. The van der Waals surface area contributed by atoms with Gasteiger partial charge in [0.1, 0.15) is 11.9 Å². The number of benzene rings is 3. The molecule has 1 aromatic heterocycles. The zero-order valence-corrected chi connectivity index (χ0v) is 21.6. The lowest BCUT2D eigenvalue weighted by Gasteiger charge is -2.23. The Morgan fingerprint density at radius 2 is 1.75 bits per heavy atom. The van der Waals surface area contributed by atoms with E-state index in [1.807, 2.05) is 90.3 Å². The highest BCUT2D eigenvalue weighted by Gasteiger charge is 2.29. The second-order valence-electron chi connectivity index (χ2n) is 8.87. The van der Waals surface area contributed by atoms with Crippen molar-refractivity contribution in [3.8, 4) is 22.9 Å². The van der Waals surface area contributed by atoms with Crippen LogP contribution in [-0.4, -0.2) is 50.3 Å². The number of hydrogen-bond donors (Lipinski definition) is 1. The summed E-state index contributed by atoms with van der Waals surface area (Å²) in [6.07, 6.45) is 1.92. The second-order valence-corrected chi connectivity index (χ2v) is 8.87. The van der Waals surface area contributed by atoms with Crippen LogP contribution in [0.4, 0.5) is 5.69 Å². The molecule has 7 nitrogen and oxygen atoms in total. The van der Waals surface area contributed by atoms with Crippen LogP contribution in [0, 0.1) is 0 Å². The van der Waals surface area contributed by atoms with Gasteiger partial charge in [-0.1, -0.05) is 43.7 Å². The number of fused-ring (bicyclic) bond motifs is 1. The molecule has 36 heavy (non-hydrogen) atoms. The quantitative estimate of drug-likeness (QED) is 0.309. The highest BCUT2D eigenvalue weighted by molar-refractivity contribution is 5.90. The van der Waals surface area contributed by atoms with Gasteiger partial charge in [-0.05, 0) is 48.4 Å². The molecule has 4 aromatic rings. The molecule has 0 saturated heterocycles. The molecule has 0 aliphatic carbocycles. The standard InChI is InChI=1S/C29H34N4O3/c1-6-7-19-30-29(34)26(20-15-17-21(18-16-20)32(2)3)33-24-13-9-8-12-23(24)31-28(33)22-11-10-14-25(35-4)27(22)36-5/h8-18,26H,6-7,19H2,1-5H3,(H,30,34). The fourth-order valence-corrected chi connectivity index (χ4v) is 4.42. The number of rotatable bonds is 10. The molecule has 0 fully saturated rings. The molecule has 1 amide bonds. The van der Waals surface area contributed by atoms with Crippen molar-refractivity contribution in [3.63, 3.8) is 0 Å². The first-order valence-electron chi connectivity index (χ1n) is 12.2. The molecule has 0 aliphatic heterocycles. The van der Waals surface area contributed by atoms with E-state index in [4.69, 9.17) is 14.5 Å². The average molecular weight is 487 g/mol. The summed E-state index contributed by atoms with van der Waals surface area (Å²) in [5.74, 6) is 1.74. The van der Waals surface area contributed by atoms with E-state index in [1.165, 1.54) is 0 Å². The molecule has 3 aromatic carbocycles. The summed E-state index contributed by atoms with van der Waals surface area (Å²) in [6.45, 7) is 2.73. The molecule has 4 rings (SSSR count). The molecule has 1 atom stereocenters. The predicted molar refractivity (Wildman–Crippen MR) is 145 cm³/mol. The van der Waals surface area contributed by atoms with Crippen molar-refractivity contribution in [2.75, 3.05) is 39.8 Å². The van der Waals surface area contributed by atoms with Crippen LogP contribution in [0.1, 0.15) is 31.4 Å². The van der Waals surface area contributed by atoms with Crippen molar-refractivity contribution in [2.45, 2.75) is 25.8 Å². The van der Waals surface area contributed by atoms with Crippen molar-refractivity contribution in [1.82, 2.24) is 14.9 Å². The Kier molecular flexibility index (Phi) is 7.78. The number of nitrogens with zero attached hydrogens (tertiary/aromatic N) is 3. The molecule has 7 heteroatoms. The molecule has 1 unspecified atom stereocenters. The smallest absolute Gasteiger partial charge is 0.247 e. The van der Waals surface area contributed by atoms with Gasteiger partial charge in [-0.15, -0.1) is 0 Å². The van der Waals surface area contributed by atoms with Gasteiger partial charge in [0.25, 0.3) is 0 Å². The Morgan fingerprint density at radius 3 is 2.42 bits per heavy atom. The highest BCUT2D eigenvalue weighted by Crippen LogP contribution is 2.40. The van der Waals surface area contributed by atoms with E-state index in [-0.39, 0.29) is 5.91 Å². The summed E-state index contributed by atoms with van der Waals surface area (Å²) < 4.78 is 13.3. The first-order chi connectivity index (χ1) is 17.5. The monoisotopic (exact) mass is 486 g/mol. The Labute approximate surface area is 212 Å². The van der Waals surface area contributed by atoms with E-state index >= 15 is 0 Å². The number of carbonyl (C=O) groups excluding carboxylic acids is 1. The van der Waals surface area contributed by atoms with Crippen LogP contribution in [0.2, 0.25) is 0 Å². The number of unbranched alkanes of at least 4 members (excludes halogenated alkanes) is 1. The summed E-state index contributed by atoms with van der Waals surface area (Å²) in [5, 5.41) is 3.15. The van der Waals surface area contributed by atoms with Gasteiger partial charge in [-0.25, -0.2) is 4.98 Å². The molecular weight excluding hydrogens is 452 g/mol. The minimum absolute atomic E-state index is 0.0766. The van der Waals surface area contributed by atoms with E-state index in [1.54, 1.807) is 14.2 Å². The van der Waals surface area contributed by atoms with E-state index in [9.17, 15) is 4.79 Å². The molecule has 188 valence electrons. The second kappa shape index (κ2) is 11.2. The summed E-state index contributed by atoms with van der Waals surface area (Å²) in [7, 11) is 7.23. The molecule has 0 spiro atoms. The number of carbonyl (C=O) groups is 1. The summed E-state index contributed by atoms with van der Waals surface area (Å²) >= 11 is 0. The largest absolute Gasteiger partial charge is 0.493 e. The normalized spacial score (nSPS) is 11.8. The Morgan fingerprint density at radius 1 is 1.00 bits per heavy atom. The van der Waals surface area contributed by atoms with Crippen molar-refractivity contribution in [2.24, 2.45) is 0 Å². The first-order valence-corrected chi connectivity index (χ1v) is 12.2. The van der Waals surface area contributed by atoms with Crippen LogP contribution in [-0.2, 0) is 4.79 Å². The number of methoxy groups -OCH3 is 2. The molecule has 0 aliphatic rings. The number of hydrogen-bond acceptors (Lipinski definition) is 5. The van der Waals surface area contributed by atoms with Gasteiger partial charge in [0.05, 0.1) is 30.8 Å². The van der Waals surface area contributed by atoms with Crippen molar-refractivity contribution < 1.29 is 14.3 Å². The number of para-hydroxylation sites is 3. The van der Waals surface area contributed by atoms with Gasteiger partial charge in [0, 0.05) is 26.3 Å². The van der Waals surface area contributed by atoms with Gasteiger partial charge < -0.3 is 24.3 Å². The minimum atomic E-state index is -0.628. The van der Waals surface area contributed by atoms with E-state index < -0.39 is 6.04 Å². The SMILES string of the molecule is CCCCNC(=O)C(c1ccc(N(C)C)cc1)n1c(-c2cccc(OC)c2OC)nc2ccccc21. The lowest BCUT2D eigenvalue weighted by Crippen LogP contribution is -2.34. The van der Waals surface area contributed by atoms with Crippen LogP contribution in [0.25, 0.3) is 22.4 Å². The highest BCUT2D eigenvalue weighted by atomic mass is 16.5. The predicted octanol–water partition coefficient (Wildman–Crippen LogP) is 5.29. The van der Waals surface area contributed by atoms with Gasteiger partial charge in [0.2, 0.25) is 5.91 Å². The van der Waals surface area contributed by atoms with E-state index in [2.05, 4.69) is 12.2 Å². The maximum Gasteiger partial charge on any atom is 0.247 e. The third-order valence-corrected chi connectivity index (χ3v) is 6.30. The van der Waals surface area contributed by atoms with Crippen molar-refractivity contribution >= 4 is 22.6 Å². The zero-order chi connectivity index (χ0) is 25.7. The summed E-state index contributed by atoms with van der Waals surface area (Å²) in [6, 6.07) is 21.1. The Balaban J connectivity index is 1.97. The number of ether oxygens (including phenoxy) is 2. The maximum atomic E-state index is 13.8. The molecular formula is C29H34N4O3. The van der Waals surface area contributed by atoms with E-state index in [0.29, 0.717) is 23.9 Å². The molecule has 0 bridgehead atoms. The van der Waals surface area contributed by atoms with Crippen molar-refractivity contribution in [1.29, 1.82) is 0 Å². The third-order valence-electron chi connectivity index (χ3n) is 6.30. The lowest BCUT2D eigenvalue weighted by molar-refractivity contribution is -0.123. The van der Waals surface area contributed by atoms with Crippen LogP contribution in [0.3, 0.4) is 0 Å². The fraction of sp³-hybridized carbons (Fsp3) is 0.310. The van der Waals surface area contributed by atoms with Gasteiger partial charge in [-0.2, -0.15) is 0 Å². The van der Waals surface area contributed by atoms with Crippen LogP contribution >= 0.6 is 0 Å². The Hall–Kier alpha value is -4.00. The Bertz CT molecular complexity index is 1330. The van der Waals surface area contributed by atoms with Gasteiger partial charge in [-0.3, -0.25) is 4.79 Å². The minimum Gasteiger partial charge on any atom is -0.493 e. The third kappa shape index (κ3) is 4.87. The fourth-order valence-electron chi connectivity index (χ4n) is 4.42. The number of imidazole rings is 1. The van der Waals surface area contributed by atoms with Gasteiger partial charge in [0.15, 0.2) is 11.5 Å². The zero-order valence-electron chi connectivity index (χ0n) is 21.6. The average Bonchev–Trinajstić information content (AvgIpc) is 3.27. The summed E-state index contributed by atoms with van der Waals surface area (Å²) in [5.41, 5.74) is 4.36. The lowest BCUT2D eigenvalue weighted by atomic mass is 10.0. The maximum absolute atomic E-state index is 13.8. The van der Waals surface area contributed by atoms with Crippen LogP contribution < -0.4 is 19.7 Å². The topological polar surface area (TPSA) is 68.6 Å².